The first kappa shape index (κ1) is 26.8. The molecule has 1 aliphatic carbocycles. The number of allylic oxidation sites excluding steroid dienone is 7. The first-order valence-electron chi connectivity index (χ1n) is 11.5. The van der Waals surface area contributed by atoms with E-state index in [4.69, 9.17) is 4.74 Å². The Morgan fingerprint density at radius 2 is 1.50 bits per heavy atom. The summed E-state index contributed by atoms with van der Waals surface area (Å²) in [7, 11) is 1.47. The number of ketones is 2. The molecule has 0 saturated carbocycles. The molecule has 34 heavy (non-hydrogen) atoms. The van der Waals surface area contributed by atoms with Gasteiger partial charge in [-0.05, 0) is 51.4 Å². The van der Waals surface area contributed by atoms with Crippen LogP contribution in [0.4, 0.5) is 0 Å². The summed E-state index contributed by atoms with van der Waals surface area (Å²) in [5.74, 6) is -1.16. The lowest BCUT2D eigenvalue weighted by atomic mass is 9.62. The fraction of sp³-hybridized carbons (Fsp3) is 0.333. The molecule has 0 amide bonds. The number of aliphatic hydroxyl groups excluding tert-OH is 1. The molecule has 1 aliphatic rings. The van der Waals surface area contributed by atoms with E-state index < -0.39 is 17.0 Å². The molecule has 180 valence electrons. The topological polar surface area (TPSA) is 63.6 Å². The average Bonchev–Trinajstić information content (AvgIpc) is 2.80. The first-order valence-corrected chi connectivity index (χ1v) is 11.5. The van der Waals surface area contributed by atoms with Crippen LogP contribution in [0.25, 0.3) is 5.76 Å². The molecule has 0 bridgehead atoms. The van der Waals surface area contributed by atoms with Crippen molar-refractivity contribution in [1.29, 1.82) is 0 Å². The fourth-order valence-corrected chi connectivity index (χ4v) is 4.64. The summed E-state index contributed by atoms with van der Waals surface area (Å²) in [5.41, 5.74) is 0.832. The Morgan fingerprint density at radius 1 is 1.00 bits per heavy atom. The van der Waals surface area contributed by atoms with Crippen molar-refractivity contribution in [3.63, 3.8) is 0 Å². The van der Waals surface area contributed by atoms with Gasteiger partial charge in [0.05, 0.1) is 12.5 Å². The van der Waals surface area contributed by atoms with E-state index >= 15 is 0 Å². The van der Waals surface area contributed by atoms with Crippen molar-refractivity contribution in [1.82, 2.24) is 0 Å². The number of hydrogen-bond acceptors (Lipinski definition) is 4. The molecule has 0 saturated heterocycles. The Bertz CT molecular complexity index is 1010. The second-order valence-electron chi connectivity index (χ2n) is 9.12. The van der Waals surface area contributed by atoms with Gasteiger partial charge in [0.1, 0.15) is 17.1 Å². The van der Waals surface area contributed by atoms with Crippen LogP contribution in [0.2, 0.25) is 0 Å². The number of benzene rings is 1. The van der Waals surface area contributed by atoms with Crippen LogP contribution in [0, 0.1) is 17.3 Å². The smallest absolute Gasteiger partial charge is 0.196 e. The number of aliphatic hydroxyl groups is 1. The van der Waals surface area contributed by atoms with Gasteiger partial charge in [-0.15, -0.1) is 13.2 Å². The normalized spacial score (nSPS) is 21.2. The van der Waals surface area contributed by atoms with Gasteiger partial charge in [0.25, 0.3) is 0 Å². The molecule has 1 aromatic rings. The largest absolute Gasteiger partial charge is 0.506 e. The lowest BCUT2D eigenvalue weighted by Gasteiger charge is -2.41. The molecule has 1 N–H and O–H groups in total. The molecule has 0 fully saturated rings. The molecule has 2 rings (SSSR count). The Hall–Kier alpha value is -3.40. The van der Waals surface area contributed by atoms with E-state index in [0.29, 0.717) is 37.0 Å². The highest BCUT2D eigenvalue weighted by Gasteiger charge is 2.52. The van der Waals surface area contributed by atoms with Crippen LogP contribution >= 0.6 is 0 Å². The highest BCUT2D eigenvalue weighted by Crippen LogP contribution is 2.50. The second-order valence-corrected chi connectivity index (χ2v) is 9.12. The SMILES string of the molecule is C=CC[C@H](CC1(C[C@H](CC=C)C(=C)C)C(=O)/C(=C(/O)c2ccccc2)C(=O)C=C1OC)C(=C)C. The van der Waals surface area contributed by atoms with Crippen molar-refractivity contribution in [3.05, 3.63) is 103 Å². The molecule has 4 nitrogen and oxygen atoms in total. The molecule has 3 atom stereocenters. The van der Waals surface area contributed by atoms with Gasteiger partial charge in [0.2, 0.25) is 0 Å². The maximum atomic E-state index is 14.3. The maximum absolute atomic E-state index is 14.3. The number of carbonyl (C=O) groups is 2. The molecule has 0 radical (unpaired) electrons. The van der Waals surface area contributed by atoms with Crippen molar-refractivity contribution >= 4 is 17.3 Å². The Morgan fingerprint density at radius 3 is 1.91 bits per heavy atom. The second kappa shape index (κ2) is 11.6. The molecule has 0 spiro atoms. The third-order valence-electron chi connectivity index (χ3n) is 6.63. The van der Waals surface area contributed by atoms with E-state index in [9.17, 15) is 14.7 Å². The maximum Gasteiger partial charge on any atom is 0.196 e. The van der Waals surface area contributed by atoms with Crippen LogP contribution in [0.15, 0.2) is 97.4 Å². The van der Waals surface area contributed by atoms with E-state index in [-0.39, 0.29) is 23.2 Å². The molecule has 0 heterocycles. The predicted octanol–water partition coefficient (Wildman–Crippen LogP) is 6.94. The van der Waals surface area contributed by atoms with Gasteiger partial charge in [0.15, 0.2) is 11.6 Å². The number of methoxy groups -OCH3 is 1. The van der Waals surface area contributed by atoms with Crippen LogP contribution in [-0.4, -0.2) is 23.8 Å². The monoisotopic (exact) mass is 460 g/mol. The zero-order valence-corrected chi connectivity index (χ0v) is 20.6. The molecular formula is C30H36O4. The van der Waals surface area contributed by atoms with Gasteiger partial charge in [-0.3, -0.25) is 9.59 Å². The van der Waals surface area contributed by atoms with Crippen molar-refractivity contribution < 1.29 is 19.4 Å². The van der Waals surface area contributed by atoms with Gasteiger partial charge in [-0.1, -0.05) is 66.8 Å². The van der Waals surface area contributed by atoms with Gasteiger partial charge < -0.3 is 9.84 Å². The molecule has 4 heteroatoms. The Labute approximate surface area is 203 Å². The van der Waals surface area contributed by atoms with Gasteiger partial charge in [-0.25, -0.2) is 0 Å². The lowest BCUT2D eigenvalue weighted by molar-refractivity contribution is -0.130. The minimum Gasteiger partial charge on any atom is -0.506 e. The average molecular weight is 461 g/mol. The molecular weight excluding hydrogens is 424 g/mol. The predicted molar refractivity (Wildman–Crippen MR) is 139 cm³/mol. The van der Waals surface area contributed by atoms with Crippen LogP contribution in [0.3, 0.4) is 0 Å². The number of carbonyl (C=O) groups excluding carboxylic acids is 2. The van der Waals surface area contributed by atoms with Crippen molar-refractivity contribution in [2.24, 2.45) is 17.3 Å². The molecule has 0 aliphatic heterocycles. The van der Waals surface area contributed by atoms with E-state index in [2.05, 4.69) is 26.3 Å². The Balaban J connectivity index is 2.81. The summed E-state index contributed by atoms with van der Waals surface area (Å²) in [4.78, 5) is 27.4. The van der Waals surface area contributed by atoms with E-state index in [1.165, 1.54) is 13.2 Å². The number of ether oxygens (including phenoxy) is 1. The molecule has 1 aromatic carbocycles. The van der Waals surface area contributed by atoms with E-state index in [1.54, 1.807) is 42.5 Å². The van der Waals surface area contributed by atoms with Crippen molar-refractivity contribution in [3.8, 4) is 0 Å². The summed E-state index contributed by atoms with van der Waals surface area (Å²) in [6, 6.07) is 8.64. The minimum atomic E-state index is -1.18. The first-order chi connectivity index (χ1) is 16.1. The van der Waals surface area contributed by atoms with Gasteiger partial charge >= 0.3 is 0 Å². The zero-order chi connectivity index (χ0) is 25.5. The third kappa shape index (κ3) is 5.56. The van der Waals surface area contributed by atoms with Crippen LogP contribution < -0.4 is 0 Å². The lowest BCUT2D eigenvalue weighted by Crippen LogP contribution is -2.44. The van der Waals surface area contributed by atoms with Crippen LogP contribution in [0.5, 0.6) is 0 Å². The van der Waals surface area contributed by atoms with Crippen molar-refractivity contribution in [2.75, 3.05) is 7.11 Å². The highest BCUT2D eigenvalue weighted by molar-refractivity contribution is 6.32. The number of hydrogen-bond donors (Lipinski definition) is 1. The minimum absolute atomic E-state index is 0.0668. The summed E-state index contributed by atoms with van der Waals surface area (Å²) in [6.45, 7) is 19.9. The summed E-state index contributed by atoms with van der Waals surface area (Å²) in [6.07, 6.45) is 6.94. The summed E-state index contributed by atoms with van der Waals surface area (Å²) >= 11 is 0. The van der Waals surface area contributed by atoms with E-state index in [0.717, 1.165) is 11.1 Å². The summed E-state index contributed by atoms with van der Waals surface area (Å²) < 4.78 is 5.70. The Kier molecular flexibility index (Phi) is 9.19. The summed E-state index contributed by atoms with van der Waals surface area (Å²) in [5, 5.41) is 11.1. The van der Waals surface area contributed by atoms with E-state index in [1.807, 2.05) is 13.8 Å². The number of Topliss-reactive ketones (excluding diaryl/α,β-unsaturated/α-hetero) is 1. The van der Waals surface area contributed by atoms with Gasteiger partial charge in [0, 0.05) is 11.6 Å². The van der Waals surface area contributed by atoms with Crippen molar-refractivity contribution in [2.45, 2.75) is 39.5 Å². The van der Waals surface area contributed by atoms with Crippen LogP contribution in [-0.2, 0) is 14.3 Å². The molecule has 0 aromatic heterocycles. The standard InChI is InChI=1S/C30H36O4/c1-8-13-23(20(3)4)18-30(19-24(14-9-2)21(5)6)26(34-7)17-25(31)27(29(30)33)28(32)22-15-11-10-12-16-22/h8-12,15-17,23-24,32H,1-3,5,13-14,18-19H2,4,6-7H3/b28-27+/t23-,24+,30?. The van der Waals surface area contributed by atoms with Gasteiger partial charge in [-0.2, -0.15) is 0 Å². The van der Waals surface area contributed by atoms with Crippen LogP contribution in [0.1, 0.15) is 45.1 Å². The molecule has 1 unspecified atom stereocenters. The highest BCUT2D eigenvalue weighted by atomic mass is 16.5. The fourth-order valence-electron chi connectivity index (χ4n) is 4.64. The third-order valence-corrected chi connectivity index (χ3v) is 6.63. The quantitative estimate of drug-likeness (QED) is 0.159. The number of rotatable bonds is 12. The zero-order valence-electron chi connectivity index (χ0n) is 20.6.